The maximum absolute atomic E-state index is 12.2. The van der Waals surface area contributed by atoms with E-state index in [1.165, 1.54) is 0 Å². The van der Waals surface area contributed by atoms with Crippen molar-refractivity contribution in [2.75, 3.05) is 13.1 Å². The summed E-state index contributed by atoms with van der Waals surface area (Å²) >= 11 is 0. The molecule has 3 heteroatoms. The van der Waals surface area contributed by atoms with Gasteiger partial charge in [-0.3, -0.25) is 4.79 Å². The number of amides is 1. The van der Waals surface area contributed by atoms with Crippen LogP contribution in [0.15, 0.2) is 24.3 Å². The number of rotatable bonds is 4. The van der Waals surface area contributed by atoms with Crippen molar-refractivity contribution in [1.29, 1.82) is 0 Å². The van der Waals surface area contributed by atoms with Crippen molar-refractivity contribution in [3.63, 3.8) is 0 Å². The fraction of sp³-hybridized carbons (Fsp3) is 0.462. The van der Waals surface area contributed by atoms with Crippen LogP contribution in [0.25, 0.3) is 0 Å². The van der Waals surface area contributed by atoms with Gasteiger partial charge in [0.25, 0.3) is 5.91 Å². The number of carbonyl (C=O) groups excluding carboxylic acids is 1. The highest BCUT2D eigenvalue weighted by Crippen LogP contribution is 2.09. The fourth-order valence-electron chi connectivity index (χ4n) is 1.60. The Morgan fingerprint density at radius 1 is 1.31 bits per heavy atom. The predicted molar refractivity (Wildman–Crippen MR) is 66.4 cm³/mol. The third-order valence-corrected chi connectivity index (χ3v) is 2.55. The van der Waals surface area contributed by atoms with E-state index in [0.717, 1.165) is 11.1 Å². The summed E-state index contributed by atoms with van der Waals surface area (Å²) in [5.74, 6) is 0.0560. The minimum atomic E-state index is 0.0560. The zero-order chi connectivity index (χ0) is 12.1. The number of carbonyl (C=O) groups is 1. The molecule has 0 unspecified atom stereocenters. The van der Waals surface area contributed by atoms with Crippen molar-refractivity contribution >= 4 is 5.91 Å². The normalized spacial score (nSPS) is 10.6. The first kappa shape index (κ1) is 12.7. The first-order valence-electron chi connectivity index (χ1n) is 5.64. The number of nitrogens with zero attached hydrogens (tertiary/aromatic N) is 1. The van der Waals surface area contributed by atoms with E-state index in [1.807, 2.05) is 45.0 Å². The second kappa shape index (κ2) is 5.66. The monoisotopic (exact) mass is 220 g/mol. The van der Waals surface area contributed by atoms with Gasteiger partial charge in [0, 0.05) is 24.7 Å². The largest absolute Gasteiger partial charge is 0.335 e. The van der Waals surface area contributed by atoms with E-state index in [9.17, 15) is 4.79 Å². The van der Waals surface area contributed by atoms with E-state index in [0.29, 0.717) is 13.1 Å². The fourth-order valence-corrected chi connectivity index (χ4v) is 1.60. The van der Waals surface area contributed by atoms with Gasteiger partial charge in [-0.15, -0.1) is 0 Å². The van der Waals surface area contributed by atoms with Crippen LogP contribution < -0.4 is 5.73 Å². The summed E-state index contributed by atoms with van der Waals surface area (Å²) in [6.07, 6.45) is 0. The molecule has 0 spiro atoms. The SMILES string of the molecule is Cc1ccc(C(=O)N(CCN)C(C)C)cc1. The molecule has 1 aromatic carbocycles. The molecule has 16 heavy (non-hydrogen) atoms. The van der Waals surface area contributed by atoms with Crippen LogP contribution in [0.5, 0.6) is 0 Å². The summed E-state index contributed by atoms with van der Waals surface area (Å²) in [6, 6.07) is 7.81. The smallest absolute Gasteiger partial charge is 0.254 e. The standard InChI is InChI=1S/C13H20N2O/c1-10(2)15(9-8-14)13(16)12-6-4-11(3)5-7-12/h4-7,10H,8-9,14H2,1-3H3. The van der Waals surface area contributed by atoms with E-state index in [1.54, 1.807) is 4.90 Å². The lowest BCUT2D eigenvalue weighted by atomic mass is 10.1. The Morgan fingerprint density at radius 3 is 2.31 bits per heavy atom. The van der Waals surface area contributed by atoms with Crippen LogP contribution in [-0.2, 0) is 0 Å². The second-order valence-electron chi connectivity index (χ2n) is 4.25. The summed E-state index contributed by atoms with van der Waals surface area (Å²) in [7, 11) is 0. The molecule has 0 fully saturated rings. The summed E-state index contributed by atoms with van der Waals surface area (Å²) < 4.78 is 0. The molecular weight excluding hydrogens is 200 g/mol. The van der Waals surface area contributed by atoms with E-state index in [2.05, 4.69) is 0 Å². The van der Waals surface area contributed by atoms with Crippen molar-refractivity contribution in [1.82, 2.24) is 4.90 Å². The predicted octanol–water partition coefficient (Wildman–Crippen LogP) is 1.80. The van der Waals surface area contributed by atoms with Crippen LogP contribution in [0.2, 0.25) is 0 Å². The molecule has 1 amide bonds. The van der Waals surface area contributed by atoms with E-state index >= 15 is 0 Å². The molecule has 0 aliphatic carbocycles. The van der Waals surface area contributed by atoms with Crippen molar-refractivity contribution < 1.29 is 4.79 Å². The van der Waals surface area contributed by atoms with E-state index in [-0.39, 0.29) is 11.9 Å². The Bertz CT molecular complexity index is 343. The zero-order valence-corrected chi connectivity index (χ0v) is 10.2. The Kier molecular flexibility index (Phi) is 4.50. The molecule has 0 atom stereocenters. The lowest BCUT2D eigenvalue weighted by Crippen LogP contribution is -2.40. The number of benzene rings is 1. The van der Waals surface area contributed by atoms with Crippen LogP contribution in [0.4, 0.5) is 0 Å². The van der Waals surface area contributed by atoms with Gasteiger partial charge in [0.05, 0.1) is 0 Å². The molecule has 0 heterocycles. The first-order valence-corrected chi connectivity index (χ1v) is 5.64. The van der Waals surface area contributed by atoms with Gasteiger partial charge in [-0.2, -0.15) is 0 Å². The third kappa shape index (κ3) is 3.07. The van der Waals surface area contributed by atoms with Crippen molar-refractivity contribution in [3.05, 3.63) is 35.4 Å². The van der Waals surface area contributed by atoms with Gasteiger partial charge < -0.3 is 10.6 Å². The molecule has 0 aliphatic rings. The lowest BCUT2D eigenvalue weighted by molar-refractivity contribution is 0.0712. The molecule has 0 aromatic heterocycles. The molecule has 0 radical (unpaired) electrons. The first-order chi connectivity index (χ1) is 7.56. The molecule has 0 saturated heterocycles. The minimum absolute atomic E-state index is 0.0560. The van der Waals surface area contributed by atoms with Gasteiger partial charge in [0.1, 0.15) is 0 Å². The molecule has 0 aliphatic heterocycles. The number of aryl methyl sites for hydroxylation is 1. The van der Waals surface area contributed by atoms with E-state index < -0.39 is 0 Å². The molecular formula is C13H20N2O. The zero-order valence-electron chi connectivity index (χ0n) is 10.2. The molecule has 0 saturated carbocycles. The van der Waals surface area contributed by atoms with Crippen LogP contribution in [0, 0.1) is 6.92 Å². The number of hydrogen-bond donors (Lipinski definition) is 1. The average molecular weight is 220 g/mol. The molecule has 3 nitrogen and oxygen atoms in total. The van der Waals surface area contributed by atoms with Gasteiger partial charge in [-0.25, -0.2) is 0 Å². The van der Waals surface area contributed by atoms with Crippen LogP contribution in [-0.4, -0.2) is 29.9 Å². The Hall–Kier alpha value is -1.35. The average Bonchev–Trinajstić information content (AvgIpc) is 2.25. The summed E-state index contributed by atoms with van der Waals surface area (Å²) in [6.45, 7) is 7.11. The Morgan fingerprint density at radius 2 is 1.88 bits per heavy atom. The maximum Gasteiger partial charge on any atom is 0.254 e. The maximum atomic E-state index is 12.2. The quantitative estimate of drug-likeness (QED) is 0.841. The number of hydrogen-bond acceptors (Lipinski definition) is 2. The van der Waals surface area contributed by atoms with Gasteiger partial charge in [0.15, 0.2) is 0 Å². The summed E-state index contributed by atoms with van der Waals surface area (Å²) in [4.78, 5) is 14.0. The molecule has 1 aromatic rings. The van der Waals surface area contributed by atoms with Gasteiger partial charge >= 0.3 is 0 Å². The van der Waals surface area contributed by atoms with Gasteiger partial charge in [-0.1, -0.05) is 17.7 Å². The molecule has 1 rings (SSSR count). The topological polar surface area (TPSA) is 46.3 Å². The lowest BCUT2D eigenvalue weighted by Gasteiger charge is -2.26. The molecule has 0 bridgehead atoms. The van der Waals surface area contributed by atoms with Crippen molar-refractivity contribution in [2.24, 2.45) is 5.73 Å². The second-order valence-corrected chi connectivity index (χ2v) is 4.25. The highest BCUT2D eigenvalue weighted by molar-refractivity contribution is 5.94. The van der Waals surface area contributed by atoms with E-state index in [4.69, 9.17) is 5.73 Å². The highest BCUT2D eigenvalue weighted by atomic mass is 16.2. The van der Waals surface area contributed by atoms with Crippen molar-refractivity contribution in [2.45, 2.75) is 26.8 Å². The van der Waals surface area contributed by atoms with Gasteiger partial charge in [0.2, 0.25) is 0 Å². The van der Waals surface area contributed by atoms with Crippen LogP contribution >= 0.6 is 0 Å². The Labute approximate surface area is 97.2 Å². The number of nitrogens with two attached hydrogens (primary N) is 1. The minimum Gasteiger partial charge on any atom is -0.335 e. The van der Waals surface area contributed by atoms with Crippen LogP contribution in [0.1, 0.15) is 29.8 Å². The summed E-state index contributed by atoms with van der Waals surface area (Å²) in [5, 5.41) is 0. The van der Waals surface area contributed by atoms with Crippen LogP contribution in [0.3, 0.4) is 0 Å². The molecule has 2 N–H and O–H groups in total. The molecule has 88 valence electrons. The summed E-state index contributed by atoms with van der Waals surface area (Å²) in [5.41, 5.74) is 7.40. The third-order valence-electron chi connectivity index (χ3n) is 2.55. The van der Waals surface area contributed by atoms with Crippen molar-refractivity contribution in [3.8, 4) is 0 Å². The van der Waals surface area contributed by atoms with Gasteiger partial charge in [-0.05, 0) is 32.9 Å². The Balaban J connectivity index is 2.86. The highest BCUT2D eigenvalue weighted by Gasteiger charge is 2.17.